The van der Waals surface area contributed by atoms with Gasteiger partial charge in [-0.1, -0.05) is 24.3 Å². The quantitative estimate of drug-likeness (QED) is 0.927. The molecule has 5 nitrogen and oxygen atoms in total. The van der Waals surface area contributed by atoms with Crippen LogP contribution in [-0.4, -0.2) is 26.1 Å². The number of fused-ring (bicyclic) bond motifs is 1. The molecule has 0 spiro atoms. The number of anilines is 2. The Labute approximate surface area is 142 Å². The van der Waals surface area contributed by atoms with Gasteiger partial charge >= 0.3 is 0 Å². The molecule has 1 N–H and O–H groups in total. The summed E-state index contributed by atoms with van der Waals surface area (Å²) in [5, 5.41) is 0. The maximum atomic E-state index is 13.0. The predicted molar refractivity (Wildman–Crippen MR) is 95.9 cm³/mol. The highest BCUT2D eigenvalue weighted by molar-refractivity contribution is 7.92. The van der Waals surface area contributed by atoms with Crippen molar-refractivity contribution in [3.05, 3.63) is 59.7 Å². The second-order valence-electron chi connectivity index (χ2n) is 5.94. The van der Waals surface area contributed by atoms with Gasteiger partial charge in [0.25, 0.3) is 5.91 Å². The monoisotopic (exact) mass is 344 g/mol. The minimum atomic E-state index is -3.37. The SMILES string of the molecule is CCS(=O)(=O)Nc1cccc(C(=O)N2c3ccccc3C[C@@H]2C)c1. The molecule has 0 saturated heterocycles. The summed E-state index contributed by atoms with van der Waals surface area (Å²) in [5.74, 6) is -0.133. The van der Waals surface area contributed by atoms with Crippen molar-refractivity contribution >= 4 is 27.3 Å². The van der Waals surface area contributed by atoms with Gasteiger partial charge in [0.2, 0.25) is 10.0 Å². The number of rotatable bonds is 4. The van der Waals surface area contributed by atoms with E-state index in [1.165, 1.54) is 0 Å². The van der Waals surface area contributed by atoms with E-state index in [9.17, 15) is 13.2 Å². The third-order valence-corrected chi connectivity index (χ3v) is 5.50. The summed E-state index contributed by atoms with van der Waals surface area (Å²) >= 11 is 0. The topological polar surface area (TPSA) is 66.5 Å². The Morgan fingerprint density at radius 2 is 1.96 bits per heavy atom. The van der Waals surface area contributed by atoms with Crippen molar-refractivity contribution in [3.8, 4) is 0 Å². The van der Waals surface area contributed by atoms with E-state index in [1.807, 2.05) is 31.2 Å². The molecule has 6 heteroatoms. The first kappa shape index (κ1) is 16.5. The predicted octanol–water partition coefficient (Wildman–Crippen LogP) is 3.04. The molecule has 24 heavy (non-hydrogen) atoms. The van der Waals surface area contributed by atoms with Gasteiger partial charge < -0.3 is 4.90 Å². The number of benzene rings is 2. The van der Waals surface area contributed by atoms with E-state index in [0.29, 0.717) is 11.3 Å². The number of carbonyl (C=O) groups excluding carboxylic acids is 1. The number of nitrogens with one attached hydrogen (secondary N) is 1. The molecule has 0 fully saturated rings. The first-order chi connectivity index (χ1) is 11.4. The number of hydrogen-bond acceptors (Lipinski definition) is 3. The zero-order valence-electron chi connectivity index (χ0n) is 13.7. The molecule has 2 aromatic rings. The zero-order valence-corrected chi connectivity index (χ0v) is 14.5. The molecule has 1 amide bonds. The van der Waals surface area contributed by atoms with Crippen molar-refractivity contribution in [1.29, 1.82) is 0 Å². The van der Waals surface area contributed by atoms with Crippen LogP contribution in [0.1, 0.15) is 29.8 Å². The van der Waals surface area contributed by atoms with Crippen molar-refractivity contribution in [2.24, 2.45) is 0 Å². The number of nitrogens with zero attached hydrogens (tertiary/aromatic N) is 1. The van der Waals surface area contributed by atoms with Crippen LogP contribution in [0.3, 0.4) is 0 Å². The molecule has 2 aromatic carbocycles. The minimum Gasteiger partial charge on any atom is -0.305 e. The van der Waals surface area contributed by atoms with Crippen LogP contribution < -0.4 is 9.62 Å². The van der Waals surface area contributed by atoms with Crippen LogP contribution in [0.15, 0.2) is 48.5 Å². The Bertz CT molecular complexity index is 877. The third-order valence-electron chi connectivity index (χ3n) is 4.19. The first-order valence-corrected chi connectivity index (χ1v) is 9.58. The lowest BCUT2D eigenvalue weighted by Gasteiger charge is -2.23. The van der Waals surface area contributed by atoms with Crippen molar-refractivity contribution in [3.63, 3.8) is 0 Å². The Balaban J connectivity index is 1.91. The largest absolute Gasteiger partial charge is 0.305 e. The molecule has 0 unspecified atom stereocenters. The molecule has 0 radical (unpaired) electrons. The molecule has 126 valence electrons. The van der Waals surface area contributed by atoms with Crippen LogP contribution in [0.25, 0.3) is 0 Å². The molecule has 0 saturated carbocycles. The van der Waals surface area contributed by atoms with E-state index in [2.05, 4.69) is 4.72 Å². The maximum Gasteiger partial charge on any atom is 0.258 e. The molecule has 0 aliphatic carbocycles. The second kappa shape index (κ2) is 6.28. The molecule has 3 rings (SSSR count). The van der Waals surface area contributed by atoms with Crippen LogP contribution in [0, 0.1) is 0 Å². The average molecular weight is 344 g/mol. The van der Waals surface area contributed by atoms with E-state index >= 15 is 0 Å². The summed E-state index contributed by atoms with van der Waals surface area (Å²) in [6, 6.07) is 14.6. The van der Waals surface area contributed by atoms with Gasteiger partial charge in [-0.2, -0.15) is 0 Å². The van der Waals surface area contributed by atoms with Gasteiger partial charge in [-0.15, -0.1) is 0 Å². The normalized spacial score (nSPS) is 16.8. The number of para-hydroxylation sites is 1. The minimum absolute atomic E-state index is 0.0122. The molecular formula is C18H20N2O3S. The molecule has 1 atom stereocenters. The van der Waals surface area contributed by atoms with Gasteiger partial charge in [-0.05, 0) is 50.1 Å². The lowest BCUT2D eigenvalue weighted by atomic mass is 10.1. The van der Waals surface area contributed by atoms with Gasteiger partial charge in [0.15, 0.2) is 0 Å². The fourth-order valence-corrected chi connectivity index (χ4v) is 3.61. The van der Waals surface area contributed by atoms with E-state index < -0.39 is 10.0 Å². The molecule has 0 aromatic heterocycles. The fraction of sp³-hybridized carbons (Fsp3) is 0.278. The summed E-state index contributed by atoms with van der Waals surface area (Å²) < 4.78 is 25.9. The standard InChI is InChI=1S/C18H20N2O3S/c1-3-24(22,23)19-16-9-6-8-15(12-16)18(21)20-13(2)11-14-7-4-5-10-17(14)20/h4-10,12-13,19H,3,11H2,1-2H3/t13-/m0/s1. The number of hydrogen-bond donors (Lipinski definition) is 1. The van der Waals surface area contributed by atoms with Crippen molar-refractivity contribution < 1.29 is 13.2 Å². The Hall–Kier alpha value is -2.34. The Kier molecular flexibility index (Phi) is 4.32. The fourth-order valence-electron chi connectivity index (χ4n) is 2.98. The lowest BCUT2D eigenvalue weighted by molar-refractivity contribution is 0.0981. The zero-order chi connectivity index (χ0) is 17.3. The molecular weight excluding hydrogens is 324 g/mol. The smallest absolute Gasteiger partial charge is 0.258 e. The van der Waals surface area contributed by atoms with Gasteiger partial charge in [0.05, 0.1) is 5.75 Å². The highest BCUT2D eigenvalue weighted by atomic mass is 32.2. The summed E-state index contributed by atoms with van der Waals surface area (Å²) in [6.45, 7) is 3.59. The number of sulfonamides is 1. The van der Waals surface area contributed by atoms with E-state index in [4.69, 9.17) is 0 Å². The number of amides is 1. The van der Waals surface area contributed by atoms with Gasteiger partial charge in [-0.25, -0.2) is 8.42 Å². The van der Waals surface area contributed by atoms with Gasteiger partial charge in [-0.3, -0.25) is 9.52 Å². The summed E-state index contributed by atoms with van der Waals surface area (Å²) in [5.41, 5.74) is 2.95. The van der Waals surface area contributed by atoms with Crippen LogP contribution in [0.4, 0.5) is 11.4 Å². The lowest BCUT2D eigenvalue weighted by Crippen LogP contribution is -2.35. The van der Waals surface area contributed by atoms with Crippen LogP contribution >= 0.6 is 0 Å². The first-order valence-electron chi connectivity index (χ1n) is 7.93. The molecule has 0 bridgehead atoms. The van der Waals surface area contributed by atoms with E-state index in [0.717, 1.165) is 17.7 Å². The van der Waals surface area contributed by atoms with Crippen molar-refractivity contribution in [1.82, 2.24) is 0 Å². The van der Waals surface area contributed by atoms with Crippen LogP contribution in [0.2, 0.25) is 0 Å². The summed E-state index contributed by atoms with van der Waals surface area (Å²) in [7, 11) is -3.37. The molecule has 1 aliphatic rings. The van der Waals surface area contributed by atoms with E-state index in [-0.39, 0.29) is 17.7 Å². The Morgan fingerprint density at radius 1 is 1.21 bits per heavy atom. The second-order valence-corrected chi connectivity index (χ2v) is 7.95. The molecule has 1 aliphatic heterocycles. The highest BCUT2D eigenvalue weighted by Gasteiger charge is 2.31. The van der Waals surface area contributed by atoms with Crippen molar-refractivity contribution in [2.75, 3.05) is 15.4 Å². The average Bonchev–Trinajstić information content (AvgIpc) is 2.90. The summed E-state index contributed by atoms with van der Waals surface area (Å²) in [6.07, 6.45) is 0.823. The Morgan fingerprint density at radius 3 is 2.71 bits per heavy atom. The summed E-state index contributed by atoms with van der Waals surface area (Å²) in [4.78, 5) is 14.7. The highest BCUT2D eigenvalue weighted by Crippen LogP contribution is 2.33. The third kappa shape index (κ3) is 3.14. The molecule has 1 heterocycles. The van der Waals surface area contributed by atoms with Gasteiger partial charge in [0, 0.05) is 23.0 Å². The van der Waals surface area contributed by atoms with E-state index in [1.54, 1.807) is 36.1 Å². The number of carbonyl (C=O) groups is 1. The van der Waals surface area contributed by atoms with Gasteiger partial charge in [0.1, 0.15) is 0 Å². The van der Waals surface area contributed by atoms with Crippen LogP contribution in [0.5, 0.6) is 0 Å². The maximum absolute atomic E-state index is 13.0. The van der Waals surface area contributed by atoms with Crippen LogP contribution in [-0.2, 0) is 16.4 Å². The van der Waals surface area contributed by atoms with Crippen molar-refractivity contribution in [2.45, 2.75) is 26.3 Å².